The van der Waals surface area contributed by atoms with Crippen LogP contribution in [0.15, 0.2) is 18.2 Å². The van der Waals surface area contributed by atoms with Crippen molar-refractivity contribution in [1.29, 1.82) is 0 Å². The Morgan fingerprint density at radius 1 is 1.38 bits per heavy atom. The average Bonchev–Trinajstić information content (AvgIpc) is 2.09. The van der Waals surface area contributed by atoms with Crippen LogP contribution in [0.25, 0.3) is 0 Å². The molecule has 1 aromatic carbocycles. The number of rotatable bonds is 3. The fourth-order valence-corrected chi connectivity index (χ4v) is 1.72. The van der Waals surface area contributed by atoms with Gasteiger partial charge in [-0.15, -0.1) is 0 Å². The van der Waals surface area contributed by atoms with Gasteiger partial charge in [0.15, 0.2) is 0 Å². The molecule has 0 heterocycles. The maximum atomic E-state index is 6.03. The summed E-state index contributed by atoms with van der Waals surface area (Å²) in [6, 6.07) is 5.77. The van der Waals surface area contributed by atoms with Gasteiger partial charge >= 0.3 is 0 Å². The molecule has 1 nitrogen and oxygen atoms in total. The third kappa shape index (κ3) is 2.87. The Kier molecular flexibility index (Phi) is 4.04. The summed E-state index contributed by atoms with van der Waals surface area (Å²) < 4.78 is 0. The normalized spacial score (nSPS) is 12.9. The second kappa shape index (κ2) is 4.85. The minimum atomic E-state index is 0.246. The Morgan fingerprint density at radius 3 is 2.69 bits per heavy atom. The van der Waals surface area contributed by atoms with Crippen LogP contribution in [0.5, 0.6) is 0 Å². The molecule has 3 heteroatoms. The first-order valence-electron chi connectivity index (χ1n) is 4.33. The maximum absolute atomic E-state index is 6.03. The molecule has 0 radical (unpaired) electrons. The zero-order valence-electron chi connectivity index (χ0n) is 7.77. The molecular formula is C10H13Cl2N. The van der Waals surface area contributed by atoms with Crippen molar-refractivity contribution in [3.8, 4) is 0 Å². The molecule has 0 aromatic heterocycles. The van der Waals surface area contributed by atoms with Crippen LogP contribution in [0.1, 0.15) is 25.5 Å². The van der Waals surface area contributed by atoms with E-state index in [1.54, 1.807) is 6.07 Å². The van der Waals surface area contributed by atoms with Crippen LogP contribution in [0.3, 0.4) is 0 Å². The third-order valence-electron chi connectivity index (χ3n) is 1.93. The van der Waals surface area contributed by atoms with Crippen LogP contribution in [0.4, 0.5) is 0 Å². The molecule has 0 unspecified atom stereocenters. The number of benzene rings is 1. The van der Waals surface area contributed by atoms with Crippen LogP contribution in [0, 0.1) is 0 Å². The lowest BCUT2D eigenvalue weighted by atomic mass is 10.1. The van der Waals surface area contributed by atoms with Gasteiger partial charge in [-0.3, -0.25) is 0 Å². The van der Waals surface area contributed by atoms with E-state index in [4.69, 9.17) is 23.2 Å². The van der Waals surface area contributed by atoms with Gasteiger partial charge in [0.05, 0.1) is 0 Å². The quantitative estimate of drug-likeness (QED) is 0.816. The largest absolute Gasteiger partial charge is 0.310 e. The molecule has 1 aromatic rings. The Morgan fingerprint density at radius 2 is 2.08 bits per heavy atom. The first-order chi connectivity index (χ1) is 6.15. The van der Waals surface area contributed by atoms with Gasteiger partial charge < -0.3 is 5.32 Å². The van der Waals surface area contributed by atoms with Crippen LogP contribution in [0.2, 0.25) is 10.0 Å². The van der Waals surface area contributed by atoms with Gasteiger partial charge in [0, 0.05) is 16.1 Å². The molecule has 0 saturated heterocycles. The molecule has 1 N–H and O–H groups in total. The summed E-state index contributed by atoms with van der Waals surface area (Å²) in [4.78, 5) is 0. The monoisotopic (exact) mass is 217 g/mol. The summed E-state index contributed by atoms with van der Waals surface area (Å²) in [6.07, 6.45) is 0. The molecular weight excluding hydrogens is 205 g/mol. The van der Waals surface area contributed by atoms with Gasteiger partial charge in [0.2, 0.25) is 0 Å². The van der Waals surface area contributed by atoms with Crippen molar-refractivity contribution in [2.75, 3.05) is 6.54 Å². The lowest BCUT2D eigenvalue weighted by molar-refractivity contribution is 0.598. The minimum absolute atomic E-state index is 0.246. The molecule has 72 valence electrons. The predicted octanol–water partition coefficient (Wildman–Crippen LogP) is 3.66. The molecule has 0 aliphatic carbocycles. The summed E-state index contributed by atoms with van der Waals surface area (Å²) in [5, 5.41) is 4.77. The number of nitrogens with one attached hydrogen (secondary N) is 1. The standard InChI is InChI=1S/C10H13Cl2N/c1-3-13-7(2)9-6-8(11)4-5-10(9)12/h4-7,13H,3H2,1-2H3/t7-/m1/s1. The van der Waals surface area contributed by atoms with Crippen molar-refractivity contribution in [2.24, 2.45) is 0 Å². The Labute approximate surface area is 89.0 Å². The maximum Gasteiger partial charge on any atom is 0.0454 e. The molecule has 0 fully saturated rings. The van der Waals surface area contributed by atoms with Crippen molar-refractivity contribution in [3.05, 3.63) is 33.8 Å². The van der Waals surface area contributed by atoms with Gasteiger partial charge in [-0.1, -0.05) is 30.1 Å². The van der Waals surface area contributed by atoms with Gasteiger partial charge in [-0.25, -0.2) is 0 Å². The van der Waals surface area contributed by atoms with E-state index in [2.05, 4.69) is 19.2 Å². The van der Waals surface area contributed by atoms with Gasteiger partial charge in [0.25, 0.3) is 0 Å². The average molecular weight is 218 g/mol. The predicted molar refractivity (Wildman–Crippen MR) is 58.6 cm³/mol. The molecule has 0 spiro atoms. The second-order valence-corrected chi connectivity index (χ2v) is 3.79. The number of hydrogen-bond acceptors (Lipinski definition) is 1. The van der Waals surface area contributed by atoms with Crippen LogP contribution in [-0.2, 0) is 0 Å². The third-order valence-corrected chi connectivity index (χ3v) is 2.51. The zero-order valence-corrected chi connectivity index (χ0v) is 9.28. The van der Waals surface area contributed by atoms with Crippen LogP contribution >= 0.6 is 23.2 Å². The second-order valence-electron chi connectivity index (χ2n) is 2.95. The van der Waals surface area contributed by atoms with Gasteiger partial charge in [-0.05, 0) is 37.2 Å². The van der Waals surface area contributed by atoms with E-state index in [9.17, 15) is 0 Å². The SMILES string of the molecule is CCN[C@H](C)c1cc(Cl)ccc1Cl. The zero-order chi connectivity index (χ0) is 9.84. The van der Waals surface area contributed by atoms with E-state index in [1.807, 2.05) is 12.1 Å². The smallest absolute Gasteiger partial charge is 0.0454 e. The summed E-state index contributed by atoms with van der Waals surface area (Å²) in [5.41, 5.74) is 1.05. The number of hydrogen-bond donors (Lipinski definition) is 1. The van der Waals surface area contributed by atoms with Crippen molar-refractivity contribution >= 4 is 23.2 Å². The Bertz CT molecular complexity index is 286. The molecule has 1 atom stereocenters. The number of halogens is 2. The van der Waals surface area contributed by atoms with Crippen molar-refractivity contribution in [1.82, 2.24) is 5.32 Å². The van der Waals surface area contributed by atoms with Crippen LogP contribution in [-0.4, -0.2) is 6.54 Å². The first-order valence-corrected chi connectivity index (χ1v) is 5.09. The fourth-order valence-electron chi connectivity index (χ4n) is 1.26. The highest BCUT2D eigenvalue weighted by Gasteiger charge is 2.08. The first kappa shape index (κ1) is 10.8. The van der Waals surface area contributed by atoms with Gasteiger partial charge in [0.1, 0.15) is 0 Å². The van der Waals surface area contributed by atoms with E-state index in [1.165, 1.54) is 0 Å². The lowest BCUT2D eigenvalue weighted by Gasteiger charge is -2.14. The van der Waals surface area contributed by atoms with E-state index < -0.39 is 0 Å². The van der Waals surface area contributed by atoms with E-state index in [-0.39, 0.29) is 6.04 Å². The summed E-state index contributed by atoms with van der Waals surface area (Å²) in [5.74, 6) is 0. The molecule has 0 aliphatic heterocycles. The van der Waals surface area contributed by atoms with E-state index >= 15 is 0 Å². The lowest BCUT2D eigenvalue weighted by Crippen LogP contribution is -2.17. The summed E-state index contributed by atoms with van der Waals surface area (Å²) >= 11 is 11.9. The van der Waals surface area contributed by atoms with Crippen molar-refractivity contribution in [3.63, 3.8) is 0 Å². The molecule has 0 aliphatic rings. The fraction of sp³-hybridized carbons (Fsp3) is 0.400. The van der Waals surface area contributed by atoms with Crippen LogP contribution < -0.4 is 5.32 Å². The topological polar surface area (TPSA) is 12.0 Å². The summed E-state index contributed by atoms with van der Waals surface area (Å²) in [7, 11) is 0. The van der Waals surface area contributed by atoms with E-state index in [0.29, 0.717) is 0 Å². The highest BCUT2D eigenvalue weighted by molar-refractivity contribution is 6.33. The minimum Gasteiger partial charge on any atom is -0.310 e. The molecule has 0 saturated carbocycles. The molecule has 0 bridgehead atoms. The van der Waals surface area contributed by atoms with Gasteiger partial charge in [-0.2, -0.15) is 0 Å². The van der Waals surface area contributed by atoms with E-state index in [0.717, 1.165) is 22.2 Å². The van der Waals surface area contributed by atoms with Crippen molar-refractivity contribution < 1.29 is 0 Å². The molecule has 1 rings (SSSR count). The molecule has 13 heavy (non-hydrogen) atoms. The summed E-state index contributed by atoms with van der Waals surface area (Å²) in [6.45, 7) is 5.06. The Balaban J connectivity index is 2.91. The Hall–Kier alpha value is -0.240. The molecule has 0 amide bonds. The highest BCUT2D eigenvalue weighted by Crippen LogP contribution is 2.25. The highest BCUT2D eigenvalue weighted by atomic mass is 35.5. The van der Waals surface area contributed by atoms with Crippen molar-refractivity contribution in [2.45, 2.75) is 19.9 Å².